The van der Waals surface area contributed by atoms with Gasteiger partial charge in [0.2, 0.25) is 10.0 Å². The van der Waals surface area contributed by atoms with Gasteiger partial charge < -0.3 is 0 Å². The van der Waals surface area contributed by atoms with Gasteiger partial charge >= 0.3 is 0 Å². The number of sulfonamides is 1. The van der Waals surface area contributed by atoms with Crippen molar-refractivity contribution in [2.45, 2.75) is 17.7 Å². The highest BCUT2D eigenvalue weighted by molar-refractivity contribution is 7.89. The number of benzene rings is 2. The molecule has 22 heavy (non-hydrogen) atoms. The Kier molecular flexibility index (Phi) is 5.41. The second-order valence-electron chi connectivity index (χ2n) is 4.74. The lowest BCUT2D eigenvalue weighted by Gasteiger charge is -2.06. The maximum absolute atomic E-state index is 12.8. The van der Waals surface area contributed by atoms with Crippen LogP contribution in [-0.4, -0.2) is 20.7 Å². The smallest absolute Gasteiger partial charge is 0.240 e. The van der Waals surface area contributed by atoms with Crippen molar-refractivity contribution in [1.29, 1.82) is 0 Å². The Morgan fingerprint density at radius 2 is 1.64 bits per heavy atom. The van der Waals surface area contributed by atoms with Crippen LogP contribution in [0.3, 0.4) is 0 Å². The van der Waals surface area contributed by atoms with Crippen LogP contribution in [-0.2, 0) is 10.0 Å². The molecule has 6 heteroatoms. The van der Waals surface area contributed by atoms with Crippen LogP contribution in [0.1, 0.15) is 23.2 Å². The summed E-state index contributed by atoms with van der Waals surface area (Å²) in [5, 5.41) is 0. The minimum absolute atomic E-state index is 0.140. The molecule has 0 saturated carbocycles. The van der Waals surface area contributed by atoms with E-state index in [0.717, 1.165) is 0 Å². The Bertz CT molecular complexity index is 728. The van der Waals surface area contributed by atoms with Crippen LogP contribution < -0.4 is 4.72 Å². The first-order valence-electron chi connectivity index (χ1n) is 6.82. The van der Waals surface area contributed by atoms with E-state index < -0.39 is 15.8 Å². The second kappa shape index (κ2) is 7.29. The third-order valence-electron chi connectivity index (χ3n) is 3.09. The number of hydrogen-bond donors (Lipinski definition) is 1. The molecule has 0 atom stereocenters. The number of ketones is 1. The van der Waals surface area contributed by atoms with Gasteiger partial charge in [-0.2, -0.15) is 0 Å². The molecule has 2 aromatic carbocycles. The first-order chi connectivity index (χ1) is 10.5. The molecular formula is C16H16FNO3S. The highest BCUT2D eigenvalue weighted by atomic mass is 32.2. The Balaban J connectivity index is 1.82. The predicted octanol–water partition coefficient (Wildman–Crippen LogP) is 2.77. The Labute approximate surface area is 129 Å². The van der Waals surface area contributed by atoms with E-state index in [-0.39, 0.29) is 23.6 Å². The lowest BCUT2D eigenvalue weighted by atomic mass is 10.1. The highest BCUT2D eigenvalue weighted by Gasteiger charge is 2.13. The zero-order chi connectivity index (χ0) is 16.0. The summed E-state index contributed by atoms with van der Waals surface area (Å²) in [6.07, 6.45) is 0.575. The van der Waals surface area contributed by atoms with Gasteiger partial charge in [0.15, 0.2) is 5.78 Å². The summed E-state index contributed by atoms with van der Waals surface area (Å²) in [7, 11) is -3.54. The molecule has 4 nitrogen and oxygen atoms in total. The van der Waals surface area contributed by atoms with Gasteiger partial charge in [-0.05, 0) is 42.8 Å². The summed E-state index contributed by atoms with van der Waals surface area (Å²) in [6, 6.07) is 13.3. The predicted molar refractivity (Wildman–Crippen MR) is 81.6 cm³/mol. The average molecular weight is 321 g/mol. The molecule has 0 unspecified atom stereocenters. The van der Waals surface area contributed by atoms with Gasteiger partial charge in [-0.3, -0.25) is 4.79 Å². The highest BCUT2D eigenvalue weighted by Crippen LogP contribution is 2.09. The average Bonchev–Trinajstić information content (AvgIpc) is 2.53. The molecule has 0 aliphatic carbocycles. The van der Waals surface area contributed by atoms with Crippen molar-refractivity contribution in [1.82, 2.24) is 4.72 Å². The quantitative estimate of drug-likeness (QED) is 0.630. The zero-order valence-electron chi connectivity index (χ0n) is 11.8. The van der Waals surface area contributed by atoms with Gasteiger partial charge in [-0.25, -0.2) is 17.5 Å². The fourth-order valence-corrected chi connectivity index (χ4v) is 3.01. The van der Waals surface area contributed by atoms with E-state index in [1.807, 2.05) is 0 Å². The largest absolute Gasteiger partial charge is 0.294 e. The van der Waals surface area contributed by atoms with Crippen LogP contribution in [0.4, 0.5) is 4.39 Å². The number of hydrogen-bond acceptors (Lipinski definition) is 3. The van der Waals surface area contributed by atoms with E-state index in [1.54, 1.807) is 18.2 Å². The maximum Gasteiger partial charge on any atom is 0.240 e. The van der Waals surface area contributed by atoms with Gasteiger partial charge in [-0.1, -0.05) is 18.2 Å². The van der Waals surface area contributed by atoms with Crippen LogP contribution in [0.15, 0.2) is 59.5 Å². The van der Waals surface area contributed by atoms with E-state index in [1.165, 1.54) is 36.4 Å². The molecule has 116 valence electrons. The molecule has 1 N–H and O–H groups in total. The first kappa shape index (κ1) is 16.3. The second-order valence-corrected chi connectivity index (χ2v) is 6.51. The number of rotatable bonds is 7. The van der Waals surface area contributed by atoms with Crippen LogP contribution >= 0.6 is 0 Å². The summed E-state index contributed by atoms with van der Waals surface area (Å²) in [5.74, 6) is -0.536. The molecular weight excluding hydrogens is 305 g/mol. The molecule has 0 bridgehead atoms. The summed E-state index contributed by atoms with van der Waals surface area (Å²) < 4.78 is 39.1. The molecule has 0 radical (unpaired) electrons. The summed E-state index contributed by atoms with van der Waals surface area (Å²) >= 11 is 0. The minimum Gasteiger partial charge on any atom is -0.294 e. The molecule has 0 saturated heterocycles. The minimum atomic E-state index is -3.54. The summed E-state index contributed by atoms with van der Waals surface area (Å²) in [5.41, 5.74) is 0.423. The number of carbonyl (C=O) groups excluding carboxylic acids is 1. The number of nitrogens with one attached hydrogen (secondary N) is 1. The molecule has 2 rings (SSSR count). The normalized spacial score (nSPS) is 11.3. The van der Waals surface area contributed by atoms with Crippen molar-refractivity contribution in [2.75, 3.05) is 6.54 Å². The van der Waals surface area contributed by atoms with Crippen molar-refractivity contribution in [3.05, 3.63) is 66.0 Å². The Morgan fingerprint density at radius 1 is 1.00 bits per heavy atom. The number of carbonyl (C=O) groups is 1. The lowest BCUT2D eigenvalue weighted by molar-refractivity contribution is 0.0980. The number of halogens is 1. The van der Waals surface area contributed by atoms with Gasteiger partial charge in [0.25, 0.3) is 0 Å². The molecule has 0 amide bonds. The van der Waals surface area contributed by atoms with Crippen molar-refractivity contribution in [3.8, 4) is 0 Å². The Hall–Kier alpha value is -2.05. The fraction of sp³-hybridized carbons (Fsp3) is 0.188. The van der Waals surface area contributed by atoms with E-state index >= 15 is 0 Å². The standard InChI is InChI=1S/C16H16FNO3S/c17-14-10-8-13(9-11-14)16(19)7-4-12-18-22(20,21)15-5-2-1-3-6-15/h1-3,5-6,8-11,18H,4,7,12H2. The van der Waals surface area contributed by atoms with Crippen molar-refractivity contribution < 1.29 is 17.6 Å². The molecule has 0 heterocycles. The Morgan fingerprint density at radius 3 is 2.27 bits per heavy atom. The SMILES string of the molecule is O=C(CCCNS(=O)(=O)c1ccccc1)c1ccc(F)cc1. The van der Waals surface area contributed by atoms with Gasteiger partial charge in [0.05, 0.1) is 4.90 Å². The van der Waals surface area contributed by atoms with Crippen LogP contribution in [0.25, 0.3) is 0 Å². The van der Waals surface area contributed by atoms with Crippen LogP contribution in [0.5, 0.6) is 0 Å². The topological polar surface area (TPSA) is 63.2 Å². The van der Waals surface area contributed by atoms with Gasteiger partial charge in [-0.15, -0.1) is 0 Å². The molecule has 2 aromatic rings. The molecule has 0 fully saturated rings. The van der Waals surface area contributed by atoms with E-state index in [2.05, 4.69) is 4.72 Å². The van der Waals surface area contributed by atoms with E-state index in [0.29, 0.717) is 12.0 Å². The fourth-order valence-electron chi connectivity index (χ4n) is 1.92. The van der Waals surface area contributed by atoms with Crippen molar-refractivity contribution >= 4 is 15.8 Å². The van der Waals surface area contributed by atoms with Crippen molar-refractivity contribution in [2.24, 2.45) is 0 Å². The zero-order valence-corrected chi connectivity index (χ0v) is 12.6. The monoisotopic (exact) mass is 321 g/mol. The van der Waals surface area contributed by atoms with Gasteiger partial charge in [0.1, 0.15) is 5.82 Å². The third kappa shape index (κ3) is 4.47. The molecule has 0 aliphatic rings. The first-order valence-corrected chi connectivity index (χ1v) is 8.31. The van der Waals surface area contributed by atoms with E-state index in [9.17, 15) is 17.6 Å². The molecule has 0 spiro atoms. The van der Waals surface area contributed by atoms with Gasteiger partial charge in [0, 0.05) is 18.5 Å². The van der Waals surface area contributed by atoms with E-state index in [4.69, 9.17) is 0 Å². The molecule has 0 aromatic heterocycles. The van der Waals surface area contributed by atoms with Crippen molar-refractivity contribution in [3.63, 3.8) is 0 Å². The lowest BCUT2D eigenvalue weighted by Crippen LogP contribution is -2.25. The van der Waals surface area contributed by atoms with Crippen LogP contribution in [0.2, 0.25) is 0 Å². The maximum atomic E-state index is 12.8. The molecule has 0 aliphatic heterocycles. The third-order valence-corrected chi connectivity index (χ3v) is 4.57. The summed E-state index contributed by atoms with van der Waals surface area (Å²) in [4.78, 5) is 12.0. The van der Waals surface area contributed by atoms with Crippen LogP contribution in [0, 0.1) is 5.82 Å². The summed E-state index contributed by atoms with van der Waals surface area (Å²) in [6.45, 7) is 0.171. The number of Topliss-reactive ketones (excluding diaryl/α,β-unsaturated/α-hetero) is 1.